The van der Waals surface area contributed by atoms with E-state index in [-0.39, 0.29) is 5.41 Å². The molecule has 0 saturated heterocycles. The minimum atomic E-state index is 0.182. The van der Waals surface area contributed by atoms with Crippen molar-refractivity contribution in [1.29, 1.82) is 0 Å². The van der Waals surface area contributed by atoms with Crippen molar-refractivity contribution in [3.05, 3.63) is 52.1 Å². The van der Waals surface area contributed by atoms with Gasteiger partial charge in [0.25, 0.3) is 0 Å². The van der Waals surface area contributed by atoms with Crippen LogP contribution in [-0.2, 0) is 5.41 Å². The summed E-state index contributed by atoms with van der Waals surface area (Å²) in [7, 11) is 0. The molecule has 1 N–H and O–H groups in total. The number of aromatic nitrogens is 1. The van der Waals surface area contributed by atoms with Crippen LogP contribution in [0.1, 0.15) is 31.9 Å². The fraction of sp³-hybridized carbons (Fsp3) is 0.312. The number of halogens is 1. The summed E-state index contributed by atoms with van der Waals surface area (Å²) in [4.78, 5) is 4.39. The highest BCUT2D eigenvalue weighted by Gasteiger charge is 2.13. The topological polar surface area (TPSA) is 24.9 Å². The minimum absolute atomic E-state index is 0.182. The molecule has 2 nitrogen and oxygen atoms in total. The second-order valence-corrected chi connectivity index (χ2v) is 6.65. The lowest BCUT2D eigenvalue weighted by Gasteiger charge is -2.19. The van der Waals surface area contributed by atoms with Crippen molar-refractivity contribution in [1.82, 2.24) is 4.98 Å². The van der Waals surface area contributed by atoms with Gasteiger partial charge >= 0.3 is 0 Å². The van der Waals surface area contributed by atoms with Crippen LogP contribution in [0.2, 0.25) is 0 Å². The molecule has 0 aliphatic carbocycles. The molecule has 0 unspecified atom stereocenters. The smallest absolute Gasteiger partial charge is 0.144 e. The lowest BCUT2D eigenvalue weighted by molar-refractivity contribution is 0.590. The van der Waals surface area contributed by atoms with Crippen molar-refractivity contribution in [3.63, 3.8) is 0 Å². The van der Waals surface area contributed by atoms with Gasteiger partial charge in [0.05, 0.1) is 4.47 Å². The minimum Gasteiger partial charge on any atom is -0.339 e. The summed E-state index contributed by atoms with van der Waals surface area (Å²) in [6.07, 6.45) is 1.86. The Kier molecular flexibility index (Phi) is 3.95. The van der Waals surface area contributed by atoms with E-state index in [9.17, 15) is 0 Å². The number of pyridine rings is 1. The summed E-state index contributed by atoms with van der Waals surface area (Å²) >= 11 is 3.53. The van der Waals surface area contributed by atoms with Crippen molar-refractivity contribution in [2.45, 2.75) is 33.1 Å². The number of nitrogens with zero attached hydrogens (tertiary/aromatic N) is 1. The molecule has 1 heterocycles. The van der Waals surface area contributed by atoms with E-state index in [2.05, 4.69) is 77.3 Å². The van der Waals surface area contributed by atoms with E-state index in [0.717, 1.165) is 21.5 Å². The predicted molar refractivity (Wildman–Crippen MR) is 85.1 cm³/mol. The molecule has 2 aromatic rings. The monoisotopic (exact) mass is 318 g/mol. The molecule has 1 aromatic carbocycles. The largest absolute Gasteiger partial charge is 0.339 e. The highest BCUT2D eigenvalue weighted by Crippen LogP contribution is 2.27. The van der Waals surface area contributed by atoms with Gasteiger partial charge in [-0.15, -0.1) is 0 Å². The first-order valence-corrected chi connectivity index (χ1v) is 7.15. The van der Waals surface area contributed by atoms with Crippen molar-refractivity contribution in [2.75, 3.05) is 5.32 Å². The third kappa shape index (κ3) is 3.57. The number of aryl methyl sites for hydroxylation is 1. The van der Waals surface area contributed by atoms with E-state index in [1.54, 1.807) is 0 Å². The molecule has 3 heteroatoms. The molecule has 1 aromatic heterocycles. The Morgan fingerprint density at radius 1 is 1.11 bits per heavy atom. The third-order valence-electron chi connectivity index (χ3n) is 2.99. The van der Waals surface area contributed by atoms with Gasteiger partial charge in [0.15, 0.2) is 0 Å². The molecule has 0 bridgehead atoms. The maximum atomic E-state index is 4.39. The summed E-state index contributed by atoms with van der Waals surface area (Å²) in [6, 6.07) is 10.6. The molecule has 100 valence electrons. The van der Waals surface area contributed by atoms with E-state index in [1.807, 2.05) is 13.1 Å². The van der Waals surface area contributed by atoms with Crippen LogP contribution in [0.3, 0.4) is 0 Å². The van der Waals surface area contributed by atoms with E-state index < -0.39 is 0 Å². The quantitative estimate of drug-likeness (QED) is 0.823. The average molecular weight is 319 g/mol. The molecule has 0 spiro atoms. The standard InChI is InChI=1S/C16H19BrN2/c1-11-9-14(17)15(18-10-11)19-13-7-5-12(6-8-13)16(2,3)4/h5-10H,1-4H3,(H,18,19). The average Bonchev–Trinajstić information content (AvgIpc) is 2.32. The van der Waals surface area contributed by atoms with Gasteiger partial charge in [-0.2, -0.15) is 0 Å². The first kappa shape index (κ1) is 14.1. The van der Waals surface area contributed by atoms with Crippen LogP contribution in [0.15, 0.2) is 41.0 Å². The van der Waals surface area contributed by atoms with Gasteiger partial charge in [0.1, 0.15) is 5.82 Å². The molecule has 0 fully saturated rings. The summed E-state index contributed by atoms with van der Waals surface area (Å²) in [5.74, 6) is 0.842. The molecule has 0 atom stereocenters. The zero-order valence-corrected chi connectivity index (χ0v) is 13.4. The first-order valence-electron chi connectivity index (χ1n) is 6.36. The van der Waals surface area contributed by atoms with Crippen LogP contribution in [-0.4, -0.2) is 4.98 Å². The van der Waals surface area contributed by atoms with Crippen molar-refractivity contribution in [3.8, 4) is 0 Å². The zero-order valence-electron chi connectivity index (χ0n) is 11.8. The fourth-order valence-corrected chi connectivity index (χ4v) is 2.38. The SMILES string of the molecule is Cc1cnc(Nc2ccc(C(C)(C)C)cc2)c(Br)c1. The van der Waals surface area contributed by atoms with Gasteiger partial charge in [0.2, 0.25) is 0 Å². The highest BCUT2D eigenvalue weighted by molar-refractivity contribution is 9.10. The molecule has 0 aliphatic rings. The Morgan fingerprint density at radius 3 is 2.26 bits per heavy atom. The Morgan fingerprint density at radius 2 is 1.74 bits per heavy atom. The lowest BCUT2D eigenvalue weighted by atomic mass is 9.87. The van der Waals surface area contributed by atoms with Crippen molar-refractivity contribution in [2.24, 2.45) is 0 Å². The molecule has 0 saturated carbocycles. The Balaban J connectivity index is 2.20. The van der Waals surface area contributed by atoms with Crippen LogP contribution < -0.4 is 5.32 Å². The summed E-state index contributed by atoms with van der Waals surface area (Å²) in [5.41, 5.74) is 3.70. The van der Waals surface area contributed by atoms with Crippen LogP contribution in [0.5, 0.6) is 0 Å². The Labute approximate surface area is 123 Å². The molecule has 0 amide bonds. The van der Waals surface area contributed by atoms with Gasteiger partial charge in [-0.05, 0) is 57.6 Å². The summed E-state index contributed by atoms with van der Waals surface area (Å²) in [6.45, 7) is 8.67. The number of benzene rings is 1. The van der Waals surface area contributed by atoms with Gasteiger partial charge in [0, 0.05) is 11.9 Å². The second kappa shape index (κ2) is 5.33. The van der Waals surface area contributed by atoms with Crippen LogP contribution in [0, 0.1) is 6.92 Å². The van der Waals surface area contributed by atoms with E-state index in [1.165, 1.54) is 5.56 Å². The van der Waals surface area contributed by atoms with Gasteiger partial charge in [-0.1, -0.05) is 32.9 Å². The number of rotatable bonds is 2. The van der Waals surface area contributed by atoms with Crippen LogP contribution >= 0.6 is 15.9 Å². The molecule has 0 radical (unpaired) electrons. The van der Waals surface area contributed by atoms with Crippen molar-refractivity contribution >= 4 is 27.4 Å². The lowest BCUT2D eigenvalue weighted by Crippen LogP contribution is -2.10. The molecule has 2 rings (SSSR count). The molecule has 0 aliphatic heterocycles. The van der Waals surface area contributed by atoms with E-state index in [0.29, 0.717) is 0 Å². The van der Waals surface area contributed by atoms with Crippen LogP contribution in [0.25, 0.3) is 0 Å². The van der Waals surface area contributed by atoms with Crippen molar-refractivity contribution < 1.29 is 0 Å². The van der Waals surface area contributed by atoms with Gasteiger partial charge < -0.3 is 5.32 Å². The van der Waals surface area contributed by atoms with E-state index in [4.69, 9.17) is 0 Å². The fourth-order valence-electron chi connectivity index (χ4n) is 1.82. The zero-order chi connectivity index (χ0) is 14.0. The maximum absolute atomic E-state index is 4.39. The number of anilines is 2. The van der Waals surface area contributed by atoms with E-state index >= 15 is 0 Å². The number of nitrogens with one attached hydrogen (secondary N) is 1. The van der Waals surface area contributed by atoms with Crippen LogP contribution in [0.4, 0.5) is 11.5 Å². The number of hydrogen-bond donors (Lipinski definition) is 1. The predicted octanol–water partition coefficient (Wildman–Crippen LogP) is 5.19. The van der Waals surface area contributed by atoms with Gasteiger partial charge in [-0.25, -0.2) is 4.98 Å². The summed E-state index contributed by atoms with van der Waals surface area (Å²) in [5, 5.41) is 3.32. The first-order chi connectivity index (χ1) is 8.86. The third-order valence-corrected chi connectivity index (χ3v) is 3.60. The highest BCUT2D eigenvalue weighted by atomic mass is 79.9. The Hall–Kier alpha value is -1.35. The summed E-state index contributed by atoms with van der Waals surface area (Å²) < 4.78 is 0.979. The Bertz CT molecular complexity index is 568. The number of hydrogen-bond acceptors (Lipinski definition) is 2. The maximum Gasteiger partial charge on any atom is 0.144 e. The second-order valence-electron chi connectivity index (χ2n) is 5.80. The molecular weight excluding hydrogens is 300 g/mol. The normalized spacial score (nSPS) is 11.4. The van der Waals surface area contributed by atoms with Gasteiger partial charge in [-0.3, -0.25) is 0 Å². The molecule has 19 heavy (non-hydrogen) atoms. The molecular formula is C16H19BrN2.